The van der Waals surface area contributed by atoms with Crippen LogP contribution in [0.2, 0.25) is 0 Å². The van der Waals surface area contributed by atoms with Gasteiger partial charge in [-0.05, 0) is 24.4 Å². The SMILES string of the molecule is Cc1cccn(CC(=O)c2ccsc2)c1=O. The van der Waals surface area contributed by atoms with Crippen molar-refractivity contribution in [1.82, 2.24) is 4.57 Å². The lowest BCUT2D eigenvalue weighted by Gasteiger charge is -2.04. The highest BCUT2D eigenvalue weighted by molar-refractivity contribution is 7.08. The molecule has 0 bridgehead atoms. The second kappa shape index (κ2) is 4.45. The molecule has 0 aliphatic carbocycles. The Balaban J connectivity index is 2.25. The molecule has 16 heavy (non-hydrogen) atoms. The minimum atomic E-state index is -0.105. The van der Waals surface area contributed by atoms with Crippen molar-refractivity contribution in [2.45, 2.75) is 13.5 Å². The Hall–Kier alpha value is -1.68. The van der Waals surface area contributed by atoms with Gasteiger partial charge in [0.2, 0.25) is 0 Å². The molecule has 4 heteroatoms. The summed E-state index contributed by atoms with van der Waals surface area (Å²) in [6.45, 7) is 1.85. The van der Waals surface area contributed by atoms with Crippen LogP contribution in [0, 0.1) is 6.92 Å². The van der Waals surface area contributed by atoms with E-state index in [1.54, 1.807) is 36.7 Å². The van der Waals surface area contributed by atoms with E-state index in [1.807, 2.05) is 5.38 Å². The van der Waals surface area contributed by atoms with Crippen molar-refractivity contribution in [3.63, 3.8) is 0 Å². The highest BCUT2D eigenvalue weighted by atomic mass is 32.1. The molecule has 2 aromatic rings. The first-order valence-electron chi connectivity index (χ1n) is 4.90. The van der Waals surface area contributed by atoms with E-state index >= 15 is 0 Å². The van der Waals surface area contributed by atoms with Crippen LogP contribution in [0.1, 0.15) is 15.9 Å². The molecule has 0 radical (unpaired) electrons. The van der Waals surface area contributed by atoms with E-state index in [-0.39, 0.29) is 17.9 Å². The van der Waals surface area contributed by atoms with Crippen LogP contribution in [0.4, 0.5) is 0 Å². The maximum atomic E-state index is 11.8. The first-order chi connectivity index (χ1) is 7.68. The monoisotopic (exact) mass is 233 g/mol. The number of Topliss-reactive ketones (excluding diaryl/α,β-unsaturated/α-hetero) is 1. The predicted octanol–water partition coefficient (Wildman–Crippen LogP) is 2.10. The number of aryl methyl sites for hydroxylation is 1. The largest absolute Gasteiger partial charge is 0.308 e. The van der Waals surface area contributed by atoms with Crippen LogP contribution in [0.25, 0.3) is 0 Å². The Morgan fingerprint density at radius 1 is 1.44 bits per heavy atom. The van der Waals surface area contributed by atoms with Gasteiger partial charge in [0, 0.05) is 22.7 Å². The lowest BCUT2D eigenvalue weighted by molar-refractivity contribution is 0.0971. The van der Waals surface area contributed by atoms with Crippen molar-refractivity contribution in [2.24, 2.45) is 0 Å². The number of ketones is 1. The molecule has 0 aliphatic heterocycles. The minimum Gasteiger partial charge on any atom is -0.308 e. The molecule has 0 aromatic carbocycles. The van der Waals surface area contributed by atoms with Crippen LogP contribution >= 0.6 is 11.3 Å². The molecule has 0 spiro atoms. The van der Waals surface area contributed by atoms with Crippen LogP contribution in [0.15, 0.2) is 40.0 Å². The normalized spacial score (nSPS) is 10.3. The summed E-state index contributed by atoms with van der Waals surface area (Å²) in [7, 11) is 0. The van der Waals surface area contributed by atoms with Crippen molar-refractivity contribution in [2.75, 3.05) is 0 Å². The molecule has 82 valence electrons. The van der Waals surface area contributed by atoms with Crippen LogP contribution in [0.5, 0.6) is 0 Å². The summed E-state index contributed by atoms with van der Waals surface area (Å²) in [6.07, 6.45) is 1.64. The van der Waals surface area contributed by atoms with Gasteiger partial charge in [-0.25, -0.2) is 0 Å². The molecule has 0 unspecified atom stereocenters. The predicted molar refractivity (Wildman–Crippen MR) is 64.1 cm³/mol. The molecule has 0 fully saturated rings. The summed E-state index contributed by atoms with van der Waals surface area (Å²) in [5.41, 5.74) is 1.21. The minimum absolute atomic E-state index is 0.0334. The summed E-state index contributed by atoms with van der Waals surface area (Å²) >= 11 is 1.48. The Morgan fingerprint density at radius 2 is 2.25 bits per heavy atom. The van der Waals surface area contributed by atoms with Gasteiger partial charge in [-0.2, -0.15) is 11.3 Å². The topological polar surface area (TPSA) is 39.1 Å². The molecule has 0 saturated heterocycles. The third kappa shape index (κ3) is 2.12. The zero-order valence-corrected chi connectivity index (χ0v) is 9.66. The third-order valence-electron chi connectivity index (χ3n) is 2.37. The summed E-state index contributed by atoms with van der Waals surface area (Å²) in [5, 5.41) is 3.65. The first-order valence-corrected chi connectivity index (χ1v) is 5.84. The van der Waals surface area contributed by atoms with Gasteiger partial charge in [-0.3, -0.25) is 9.59 Å². The molecule has 2 heterocycles. The molecule has 2 rings (SSSR count). The van der Waals surface area contributed by atoms with Crippen LogP contribution < -0.4 is 5.56 Å². The Morgan fingerprint density at radius 3 is 2.94 bits per heavy atom. The van der Waals surface area contributed by atoms with Crippen LogP contribution in [-0.2, 0) is 6.54 Å². The summed E-state index contributed by atoms with van der Waals surface area (Å²) in [4.78, 5) is 23.5. The standard InChI is InChI=1S/C12H11NO2S/c1-9-3-2-5-13(12(9)15)7-11(14)10-4-6-16-8-10/h2-6,8H,7H2,1H3. The average Bonchev–Trinajstić information content (AvgIpc) is 2.78. The first kappa shape index (κ1) is 10.8. The summed E-state index contributed by atoms with van der Waals surface area (Å²) in [5.74, 6) is -0.0334. The lowest BCUT2D eigenvalue weighted by Crippen LogP contribution is -2.24. The second-order valence-electron chi connectivity index (χ2n) is 3.56. The van der Waals surface area contributed by atoms with E-state index in [2.05, 4.69) is 0 Å². The molecule has 3 nitrogen and oxygen atoms in total. The van der Waals surface area contributed by atoms with Gasteiger partial charge >= 0.3 is 0 Å². The number of carbonyl (C=O) groups is 1. The van der Waals surface area contributed by atoms with E-state index in [1.165, 1.54) is 15.9 Å². The maximum absolute atomic E-state index is 11.8. The number of pyridine rings is 1. The number of hydrogen-bond acceptors (Lipinski definition) is 3. The number of thiophene rings is 1. The van der Waals surface area contributed by atoms with Crippen molar-refractivity contribution in [1.29, 1.82) is 0 Å². The fourth-order valence-electron chi connectivity index (χ4n) is 1.45. The average molecular weight is 233 g/mol. The molecule has 0 aliphatic rings. The van der Waals surface area contributed by atoms with Gasteiger partial charge in [0.05, 0.1) is 6.54 Å². The Bertz CT molecular complexity index is 555. The molecular weight excluding hydrogens is 222 g/mol. The van der Waals surface area contributed by atoms with Gasteiger partial charge in [-0.1, -0.05) is 6.07 Å². The van der Waals surface area contributed by atoms with E-state index in [0.717, 1.165) is 0 Å². The number of carbonyl (C=O) groups excluding carboxylic acids is 1. The van der Waals surface area contributed by atoms with E-state index in [4.69, 9.17) is 0 Å². The fraction of sp³-hybridized carbons (Fsp3) is 0.167. The number of aromatic nitrogens is 1. The van der Waals surface area contributed by atoms with Crippen LogP contribution in [-0.4, -0.2) is 10.4 Å². The zero-order valence-electron chi connectivity index (χ0n) is 8.84. The Labute approximate surface area is 97.0 Å². The molecule has 0 amide bonds. The van der Waals surface area contributed by atoms with E-state index < -0.39 is 0 Å². The third-order valence-corrected chi connectivity index (χ3v) is 3.05. The van der Waals surface area contributed by atoms with Crippen molar-refractivity contribution < 1.29 is 4.79 Å². The van der Waals surface area contributed by atoms with Gasteiger partial charge < -0.3 is 4.57 Å². The maximum Gasteiger partial charge on any atom is 0.253 e. The van der Waals surface area contributed by atoms with Crippen molar-refractivity contribution >= 4 is 17.1 Å². The van der Waals surface area contributed by atoms with E-state index in [0.29, 0.717) is 11.1 Å². The lowest BCUT2D eigenvalue weighted by atomic mass is 10.2. The molecule has 0 atom stereocenters. The van der Waals surface area contributed by atoms with Gasteiger partial charge in [0.1, 0.15) is 0 Å². The number of rotatable bonds is 3. The van der Waals surface area contributed by atoms with Gasteiger partial charge in [-0.15, -0.1) is 0 Å². The molecular formula is C12H11NO2S. The molecule has 0 saturated carbocycles. The zero-order chi connectivity index (χ0) is 11.5. The number of nitrogens with zero attached hydrogens (tertiary/aromatic N) is 1. The second-order valence-corrected chi connectivity index (χ2v) is 4.34. The number of hydrogen-bond donors (Lipinski definition) is 0. The highest BCUT2D eigenvalue weighted by Gasteiger charge is 2.08. The molecule has 0 N–H and O–H groups in total. The summed E-state index contributed by atoms with van der Waals surface area (Å²) in [6, 6.07) is 5.29. The van der Waals surface area contributed by atoms with Crippen LogP contribution in [0.3, 0.4) is 0 Å². The smallest absolute Gasteiger partial charge is 0.253 e. The highest BCUT2D eigenvalue weighted by Crippen LogP contribution is 2.07. The quantitative estimate of drug-likeness (QED) is 0.761. The van der Waals surface area contributed by atoms with Gasteiger partial charge in [0.25, 0.3) is 5.56 Å². The molecule has 2 aromatic heterocycles. The van der Waals surface area contributed by atoms with E-state index in [9.17, 15) is 9.59 Å². The van der Waals surface area contributed by atoms with Gasteiger partial charge in [0.15, 0.2) is 5.78 Å². The summed E-state index contributed by atoms with van der Waals surface area (Å²) < 4.78 is 1.44. The van der Waals surface area contributed by atoms with Crippen molar-refractivity contribution in [3.05, 3.63) is 56.6 Å². The fourth-order valence-corrected chi connectivity index (χ4v) is 2.11. The van der Waals surface area contributed by atoms with Crippen molar-refractivity contribution in [3.8, 4) is 0 Å². The Kier molecular flexibility index (Phi) is 3.01.